The molecule has 6 nitrogen and oxygen atoms in total. The van der Waals surface area contributed by atoms with Gasteiger partial charge in [-0.05, 0) is 56.0 Å². The summed E-state index contributed by atoms with van der Waals surface area (Å²) in [5.74, 6) is 0.273. The van der Waals surface area contributed by atoms with E-state index in [0.717, 1.165) is 48.9 Å². The molecule has 4 rings (SSSR count). The second-order valence-corrected chi connectivity index (χ2v) is 7.70. The number of aromatic amines is 1. The second kappa shape index (κ2) is 7.68. The molecule has 2 N–H and O–H groups in total. The number of nitrogens with zero attached hydrogens (tertiary/aromatic N) is 3. The molecule has 2 amide bonds. The molecule has 7 heteroatoms. The van der Waals surface area contributed by atoms with E-state index in [-0.39, 0.29) is 11.8 Å². The number of nitrogens with one attached hydrogen (secondary N) is 2. The van der Waals surface area contributed by atoms with Crippen LogP contribution in [0.15, 0.2) is 30.5 Å². The molecule has 1 aliphatic heterocycles. The van der Waals surface area contributed by atoms with Crippen molar-refractivity contribution in [2.24, 2.45) is 5.92 Å². The normalized spacial score (nSPS) is 20.0. The van der Waals surface area contributed by atoms with Gasteiger partial charge in [-0.2, -0.15) is 5.10 Å². The monoisotopic (exact) mass is 371 g/mol. The molecule has 1 aliphatic carbocycles. The van der Waals surface area contributed by atoms with Crippen LogP contribution in [0.25, 0.3) is 11.3 Å². The van der Waals surface area contributed by atoms with Crippen LogP contribution in [0, 0.1) is 11.7 Å². The molecule has 1 saturated carbocycles. The largest absolute Gasteiger partial charge is 0.338 e. The average Bonchev–Trinajstić information content (AvgIpc) is 3.23. The lowest BCUT2D eigenvalue weighted by Crippen LogP contribution is -2.39. The van der Waals surface area contributed by atoms with Gasteiger partial charge in [-0.1, -0.05) is 0 Å². The summed E-state index contributed by atoms with van der Waals surface area (Å²) < 4.78 is 13.1. The number of amides is 2. The number of benzene rings is 1. The van der Waals surface area contributed by atoms with E-state index in [1.165, 1.54) is 25.0 Å². The third-order valence-corrected chi connectivity index (χ3v) is 5.53. The maximum atomic E-state index is 13.1. The van der Waals surface area contributed by atoms with Gasteiger partial charge in [0.15, 0.2) is 0 Å². The van der Waals surface area contributed by atoms with Crippen LogP contribution in [0.2, 0.25) is 0 Å². The van der Waals surface area contributed by atoms with Crippen molar-refractivity contribution in [1.82, 2.24) is 25.3 Å². The van der Waals surface area contributed by atoms with Crippen molar-refractivity contribution in [2.75, 3.05) is 26.7 Å². The summed E-state index contributed by atoms with van der Waals surface area (Å²) in [5.41, 5.74) is 2.56. The lowest BCUT2D eigenvalue weighted by Gasteiger charge is -2.20. The van der Waals surface area contributed by atoms with Gasteiger partial charge in [0.05, 0.1) is 18.4 Å². The number of rotatable bonds is 6. The average molecular weight is 371 g/mol. The molecule has 1 aromatic carbocycles. The third kappa shape index (κ3) is 4.30. The van der Waals surface area contributed by atoms with Crippen LogP contribution in [-0.2, 0) is 6.54 Å². The highest BCUT2D eigenvalue weighted by Crippen LogP contribution is 2.31. The number of urea groups is 1. The van der Waals surface area contributed by atoms with Crippen LogP contribution in [0.4, 0.5) is 9.18 Å². The van der Waals surface area contributed by atoms with Gasteiger partial charge >= 0.3 is 6.03 Å². The van der Waals surface area contributed by atoms with E-state index in [2.05, 4.69) is 20.4 Å². The Balaban J connectivity index is 1.30. The summed E-state index contributed by atoms with van der Waals surface area (Å²) in [6, 6.07) is 6.98. The predicted octanol–water partition coefficient (Wildman–Crippen LogP) is 2.84. The van der Waals surface area contributed by atoms with Crippen molar-refractivity contribution in [3.8, 4) is 11.3 Å². The van der Waals surface area contributed by atoms with Crippen molar-refractivity contribution >= 4 is 6.03 Å². The molecule has 27 heavy (non-hydrogen) atoms. The molecule has 1 atom stereocenters. The Morgan fingerprint density at radius 1 is 1.33 bits per heavy atom. The van der Waals surface area contributed by atoms with Crippen LogP contribution in [-0.4, -0.2) is 58.8 Å². The summed E-state index contributed by atoms with van der Waals surface area (Å²) >= 11 is 0. The van der Waals surface area contributed by atoms with Gasteiger partial charge in [-0.15, -0.1) is 0 Å². The van der Waals surface area contributed by atoms with Crippen LogP contribution in [0.1, 0.15) is 24.8 Å². The lowest BCUT2D eigenvalue weighted by atomic mass is 10.1. The van der Waals surface area contributed by atoms with Gasteiger partial charge in [0.2, 0.25) is 0 Å². The summed E-state index contributed by atoms with van der Waals surface area (Å²) in [7, 11) is 1.78. The van der Waals surface area contributed by atoms with E-state index < -0.39 is 0 Å². The molecule has 144 valence electrons. The molecular formula is C20H26FN5O. The molecular weight excluding hydrogens is 345 g/mol. The van der Waals surface area contributed by atoms with Gasteiger partial charge in [-0.25, -0.2) is 9.18 Å². The highest BCUT2D eigenvalue weighted by Gasteiger charge is 2.34. The molecule has 2 aromatic rings. The Morgan fingerprint density at radius 2 is 2.11 bits per heavy atom. The van der Waals surface area contributed by atoms with Gasteiger partial charge in [-0.3, -0.25) is 5.10 Å². The van der Waals surface area contributed by atoms with E-state index in [1.807, 2.05) is 0 Å². The van der Waals surface area contributed by atoms with Gasteiger partial charge in [0, 0.05) is 37.3 Å². The van der Waals surface area contributed by atoms with Crippen LogP contribution < -0.4 is 5.32 Å². The molecule has 0 spiro atoms. The third-order valence-electron chi connectivity index (χ3n) is 5.53. The molecule has 1 saturated heterocycles. The first-order chi connectivity index (χ1) is 13.1. The van der Waals surface area contributed by atoms with E-state index >= 15 is 0 Å². The van der Waals surface area contributed by atoms with Crippen molar-refractivity contribution in [3.05, 3.63) is 41.8 Å². The number of halogens is 1. The molecule has 2 heterocycles. The van der Waals surface area contributed by atoms with Gasteiger partial charge in [0.25, 0.3) is 0 Å². The maximum absolute atomic E-state index is 13.1. The zero-order valence-electron chi connectivity index (χ0n) is 15.6. The number of aromatic nitrogens is 2. The number of carbonyl (C=O) groups is 1. The second-order valence-electron chi connectivity index (χ2n) is 7.70. The molecule has 0 bridgehead atoms. The zero-order valence-corrected chi connectivity index (χ0v) is 15.6. The van der Waals surface area contributed by atoms with Crippen molar-refractivity contribution in [1.29, 1.82) is 0 Å². The Labute approximate surface area is 158 Å². The zero-order chi connectivity index (χ0) is 18.8. The Hall–Kier alpha value is -2.41. The SMILES string of the molecule is CN(Cc1cn[nH]c1-c1ccc(F)cc1)C(=O)NC[C@H]1CCN(C2CC2)C1. The summed E-state index contributed by atoms with van der Waals surface area (Å²) in [6.07, 6.45) is 5.55. The highest BCUT2D eigenvalue weighted by atomic mass is 19.1. The van der Waals surface area contributed by atoms with Crippen LogP contribution in [0.3, 0.4) is 0 Å². The van der Waals surface area contributed by atoms with Crippen molar-refractivity contribution in [2.45, 2.75) is 31.8 Å². The number of hydrogen-bond donors (Lipinski definition) is 2. The van der Waals surface area contributed by atoms with E-state index in [1.54, 1.807) is 30.3 Å². The fourth-order valence-electron chi connectivity index (χ4n) is 3.79. The first-order valence-electron chi connectivity index (χ1n) is 9.61. The standard InChI is InChI=1S/C20H26FN5O/c1-25(20(27)22-10-14-8-9-26(12-14)18-6-7-18)13-16-11-23-24-19(16)15-2-4-17(21)5-3-15/h2-5,11,14,18H,6-10,12-13H2,1H3,(H,22,27)(H,23,24)/t14-/m1/s1. The van der Waals surface area contributed by atoms with Crippen molar-refractivity contribution in [3.63, 3.8) is 0 Å². The molecule has 2 aliphatic rings. The number of H-pyrrole nitrogens is 1. The van der Waals surface area contributed by atoms with Gasteiger partial charge in [0.1, 0.15) is 5.82 Å². The number of hydrogen-bond acceptors (Lipinski definition) is 3. The van der Waals surface area contributed by atoms with Crippen molar-refractivity contribution < 1.29 is 9.18 Å². The predicted molar refractivity (Wildman–Crippen MR) is 102 cm³/mol. The van der Waals surface area contributed by atoms with E-state index in [9.17, 15) is 9.18 Å². The molecule has 0 unspecified atom stereocenters. The Bertz CT molecular complexity index is 786. The number of likely N-dealkylation sites (tertiary alicyclic amines) is 1. The maximum Gasteiger partial charge on any atom is 0.317 e. The molecule has 1 aromatic heterocycles. The quantitative estimate of drug-likeness (QED) is 0.821. The molecule has 0 radical (unpaired) electrons. The fraction of sp³-hybridized carbons (Fsp3) is 0.500. The number of carbonyl (C=O) groups excluding carboxylic acids is 1. The minimum absolute atomic E-state index is 0.0777. The Kier molecular flexibility index (Phi) is 5.11. The minimum atomic E-state index is -0.275. The van der Waals surface area contributed by atoms with Crippen LogP contribution in [0.5, 0.6) is 0 Å². The lowest BCUT2D eigenvalue weighted by molar-refractivity contribution is 0.204. The van der Waals surface area contributed by atoms with Crippen LogP contribution >= 0.6 is 0 Å². The van der Waals surface area contributed by atoms with E-state index in [4.69, 9.17) is 0 Å². The first kappa shape index (κ1) is 18.0. The molecule has 2 fully saturated rings. The summed E-state index contributed by atoms with van der Waals surface area (Å²) in [5, 5.41) is 10.1. The van der Waals surface area contributed by atoms with E-state index in [0.29, 0.717) is 12.5 Å². The topological polar surface area (TPSA) is 64.3 Å². The summed E-state index contributed by atoms with van der Waals surface area (Å²) in [4.78, 5) is 16.7. The smallest absolute Gasteiger partial charge is 0.317 e. The van der Waals surface area contributed by atoms with Gasteiger partial charge < -0.3 is 15.1 Å². The minimum Gasteiger partial charge on any atom is -0.338 e. The first-order valence-corrected chi connectivity index (χ1v) is 9.61. The fourth-order valence-corrected chi connectivity index (χ4v) is 3.79. The Morgan fingerprint density at radius 3 is 2.85 bits per heavy atom. The summed E-state index contributed by atoms with van der Waals surface area (Å²) in [6.45, 7) is 3.43. The highest BCUT2D eigenvalue weighted by molar-refractivity contribution is 5.74.